The van der Waals surface area contributed by atoms with E-state index in [4.69, 9.17) is 4.74 Å². The number of sulfonamides is 1. The van der Waals surface area contributed by atoms with E-state index in [9.17, 15) is 23.3 Å². The third-order valence-corrected chi connectivity index (χ3v) is 8.22. The summed E-state index contributed by atoms with van der Waals surface area (Å²) < 4.78 is 33.5. The summed E-state index contributed by atoms with van der Waals surface area (Å²) in [5, 5.41) is 15.4. The summed E-state index contributed by atoms with van der Waals surface area (Å²) in [6.45, 7) is 5.79. The molecule has 1 aliphatic heterocycles. The Balaban J connectivity index is 1.57. The summed E-state index contributed by atoms with van der Waals surface area (Å²) >= 11 is 0. The van der Waals surface area contributed by atoms with Gasteiger partial charge in [-0.1, -0.05) is 44.2 Å². The highest BCUT2D eigenvalue weighted by molar-refractivity contribution is 7.92. The third-order valence-electron chi connectivity index (χ3n) is 6.43. The van der Waals surface area contributed by atoms with Crippen LogP contribution in [-0.4, -0.2) is 58.3 Å². The smallest absolute Gasteiger partial charge is 0.270 e. The molecule has 0 aromatic heterocycles. The molecule has 0 atom stereocenters. The number of hydrogen-bond donors (Lipinski definition) is 1. The van der Waals surface area contributed by atoms with Gasteiger partial charge in [-0.05, 0) is 41.8 Å². The maximum absolute atomic E-state index is 13.5. The van der Waals surface area contributed by atoms with E-state index >= 15 is 0 Å². The zero-order valence-corrected chi connectivity index (χ0v) is 23.1. The van der Waals surface area contributed by atoms with Crippen molar-refractivity contribution in [3.8, 4) is 0 Å². The third kappa shape index (κ3) is 6.82. The highest BCUT2D eigenvalue weighted by Gasteiger charge is 2.27. The molecule has 0 unspecified atom stereocenters. The Morgan fingerprint density at radius 3 is 2.40 bits per heavy atom. The quantitative estimate of drug-likeness (QED) is 0.224. The molecule has 0 aliphatic carbocycles. The molecular formula is C28H31N5O6S. The van der Waals surface area contributed by atoms with Crippen molar-refractivity contribution in [1.82, 2.24) is 5.43 Å². The van der Waals surface area contributed by atoms with Gasteiger partial charge in [0.05, 0.1) is 34.9 Å². The maximum Gasteiger partial charge on any atom is 0.270 e. The SMILES string of the molecule is CC(C)c1ccc(N(CC(=O)N/N=C/c2cc([N+](=O)[O-])ccc2N2CCOCC2)S(=O)(=O)c2ccccc2)cc1. The van der Waals surface area contributed by atoms with Gasteiger partial charge >= 0.3 is 0 Å². The molecule has 210 valence electrons. The first-order chi connectivity index (χ1) is 19.2. The Morgan fingerprint density at radius 1 is 1.10 bits per heavy atom. The van der Waals surface area contributed by atoms with Crippen LogP contribution in [0.4, 0.5) is 17.1 Å². The Kier molecular flexibility index (Phi) is 9.12. The van der Waals surface area contributed by atoms with Crippen LogP contribution in [0.25, 0.3) is 0 Å². The molecule has 0 saturated carbocycles. The number of benzene rings is 3. The van der Waals surface area contributed by atoms with Crippen LogP contribution in [-0.2, 0) is 19.6 Å². The predicted molar refractivity (Wildman–Crippen MR) is 153 cm³/mol. The zero-order chi connectivity index (χ0) is 28.7. The molecule has 4 rings (SSSR count). The fourth-order valence-electron chi connectivity index (χ4n) is 4.25. The van der Waals surface area contributed by atoms with Crippen molar-refractivity contribution in [1.29, 1.82) is 0 Å². The second-order valence-electron chi connectivity index (χ2n) is 9.46. The highest BCUT2D eigenvalue weighted by Crippen LogP contribution is 2.27. The first-order valence-corrected chi connectivity index (χ1v) is 14.2. The van der Waals surface area contributed by atoms with E-state index in [1.54, 1.807) is 36.4 Å². The number of nitro groups is 1. The number of amides is 1. The molecule has 3 aromatic carbocycles. The topological polar surface area (TPSA) is 134 Å². The van der Waals surface area contributed by atoms with Gasteiger partial charge in [0.15, 0.2) is 0 Å². The predicted octanol–water partition coefficient (Wildman–Crippen LogP) is 3.90. The zero-order valence-electron chi connectivity index (χ0n) is 22.3. The summed E-state index contributed by atoms with van der Waals surface area (Å²) in [5.41, 5.74) is 4.78. The number of morpholine rings is 1. The van der Waals surface area contributed by atoms with Crippen LogP contribution in [0.2, 0.25) is 0 Å². The number of nitrogens with zero attached hydrogens (tertiary/aromatic N) is 4. The number of hydrogen-bond acceptors (Lipinski definition) is 8. The number of anilines is 2. The molecule has 0 spiro atoms. The molecule has 1 saturated heterocycles. The number of nitro benzene ring substituents is 1. The van der Waals surface area contributed by atoms with Gasteiger partial charge in [-0.15, -0.1) is 0 Å². The van der Waals surface area contributed by atoms with Gasteiger partial charge < -0.3 is 9.64 Å². The minimum Gasteiger partial charge on any atom is -0.378 e. The summed E-state index contributed by atoms with van der Waals surface area (Å²) in [6.07, 6.45) is 1.32. The van der Waals surface area contributed by atoms with E-state index in [0.717, 1.165) is 9.87 Å². The van der Waals surface area contributed by atoms with Crippen molar-refractivity contribution in [2.24, 2.45) is 5.10 Å². The van der Waals surface area contributed by atoms with Crippen LogP contribution in [0, 0.1) is 10.1 Å². The van der Waals surface area contributed by atoms with E-state index in [1.807, 2.05) is 30.9 Å². The van der Waals surface area contributed by atoms with Crippen molar-refractivity contribution in [3.63, 3.8) is 0 Å². The minimum atomic E-state index is -4.07. The monoisotopic (exact) mass is 565 g/mol. The average molecular weight is 566 g/mol. The Morgan fingerprint density at radius 2 is 1.77 bits per heavy atom. The lowest BCUT2D eigenvalue weighted by molar-refractivity contribution is -0.384. The van der Waals surface area contributed by atoms with Crippen LogP contribution in [0.3, 0.4) is 0 Å². The summed E-state index contributed by atoms with van der Waals surface area (Å²) in [7, 11) is -4.07. The van der Waals surface area contributed by atoms with Crippen LogP contribution in [0.5, 0.6) is 0 Å². The van der Waals surface area contributed by atoms with Gasteiger partial charge in [0.2, 0.25) is 0 Å². The Hall–Kier alpha value is -4.29. The van der Waals surface area contributed by atoms with Crippen LogP contribution >= 0.6 is 0 Å². The maximum atomic E-state index is 13.5. The summed E-state index contributed by atoms with van der Waals surface area (Å²) in [4.78, 5) is 25.9. The van der Waals surface area contributed by atoms with Crippen molar-refractivity contribution in [2.45, 2.75) is 24.7 Å². The van der Waals surface area contributed by atoms with Crippen molar-refractivity contribution < 1.29 is 22.9 Å². The largest absolute Gasteiger partial charge is 0.378 e. The molecule has 1 heterocycles. The Labute approximate surface area is 233 Å². The lowest BCUT2D eigenvalue weighted by atomic mass is 10.0. The molecule has 1 aliphatic rings. The van der Waals surface area contributed by atoms with Crippen LogP contribution < -0.4 is 14.6 Å². The molecular weight excluding hydrogens is 534 g/mol. The highest BCUT2D eigenvalue weighted by atomic mass is 32.2. The number of nitrogens with one attached hydrogen (secondary N) is 1. The average Bonchev–Trinajstić information content (AvgIpc) is 2.96. The summed E-state index contributed by atoms with van der Waals surface area (Å²) in [5.74, 6) is -0.427. The molecule has 40 heavy (non-hydrogen) atoms. The molecule has 1 amide bonds. The summed E-state index contributed by atoms with van der Waals surface area (Å²) in [6, 6.07) is 19.3. The van der Waals surface area contributed by atoms with Gasteiger partial charge in [-0.25, -0.2) is 13.8 Å². The van der Waals surface area contributed by atoms with E-state index in [-0.39, 0.29) is 16.5 Å². The standard InChI is InChI=1S/C28H31N5O6S/c1-21(2)22-8-10-24(11-9-22)32(40(37,38)26-6-4-3-5-7-26)20-28(34)30-29-19-23-18-25(33(35)36)12-13-27(23)31-14-16-39-17-15-31/h3-13,18-19,21H,14-17,20H2,1-2H3,(H,30,34)/b29-19+. The number of rotatable bonds is 10. The molecule has 1 fully saturated rings. The van der Waals surface area contributed by atoms with E-state index in [2.05, 4.69) is 10.5 Å². The van der Waals surface area contributed by atoms with Gasteiger partial charge in [0.25, 0.3) is 21.6 Å². The van der Waals surface area contributed by atoms with Crippen LogP contribution in [0.15, 0.2) is 82.8 Å². The van der Waals surface area contributed by atoms with Crippen LogP contribution in [0.1, 0.15) is 30.9 Å². The van der Waals surface area contributed by atoms with Crippen molar-refractivity contribution in [2.75, 3.05) is 42.1 Å². The number of carbonyl (C=O) groups excluding carboxylic acids is 1. The molecule has 0 radical (unpaired) electrons. The lowest BCUT2D eigenvalue weighted by Crippen LogP contribution is -2.39. The van der Waals surface area contributed by atoms with Crippen molar-refractivity contribution in [3.05, 3.63) is 94.0 Å². The van der Waals surface area contributed by atoms with Crippen molar-refractivity contribution >= 4 is 39.2 Å². The second kappa shape index (κ2) is 12.7. The van der Waals surface area contributed by atoms with Gasteiger partial charge in [0, 0.05) is 36.5 Å². The number of non-ortho nitro benzene ring substituents is 1. The minimum absolute atomic E-state index is 0.0472. The number of carbonyl (C=O) groups is 1. The van der Waals surface area contributed by atoms with E-state index in [0.29, 0.717) is 43.2 Å². The molecule has 0 bridgehead atoms. The van der Waals surface area contributed by atoms with E-state index in [1.165, 1.54) is 30.5 Å². The van der Waals surface area contributed by atoms with E-state index < -0.39 is 27.4 Å². The first-order valence-electron chi connectivity index (χ1n) is 12.8. The normalized spacial score (nSPS) is 13.9. The Bertz CT molecular complexity index is 1470. The second-order valence-corrected chi connectivity index (χ2v) is 11.3. The van der Waals surface area contributed by atoms with Gasteiger partial charge in [-0.3, -0.25) is 19.2 Å². The molecule has 12 heteroatoms. The lowest BCUT2D eigenvalue weighted by Gasteiger charge is -2.29. The van der Waals surface area contributed by atoms with Gasteiger partial charge in [0.1, 0.15) is 6.54 Å². The van der Waals surface area contributed by atoms with Gasteiger partial charge in [-0.2, -0.15) is 5.10 Å². The molecule has 1 N–H and O–H groups in total. The fraction of sp³-hybridized carbons (Fsp3) is 0.286. The molecule has 3 aromatic rings. The number of ether oxygens (including phenoxy) is 1. The fourth-order valence-corrected chi connectivity index (χ4v) is 5.69. The first kappa shape index (κ1) is 28.7. The number of hydrazone groups is 1. The molecule has 11 nitrogen and oxygen atoms in total.